The first-order valence-corrected chi connectivity index (χ1v) is 5.58. The van der Waals surface area contributed by atoms with Gasteiger partial charge in [0.25, 0.3) is 5.56 Å². The van der Waals surface area contributed by atoms with Gasteiger partial charge in [-0.25, -0.2) is 5.10 Å². The van der Waals surface area contributed by atoms with Crippen molar-refractivity contribution in [1.29, 1.82) is 0 Å². The van der Waals surface area contributed by atoms with Gasteiger partial charge >= 0.3 is 0 Å². The van der Waals surface area contributed by atoms with Crippen LogP contribution in [-0.4, -0.2) is 16.2 Å². The fourth-order valence-electron chi connectivity index (χ4n) is 2.15. The van der Waals surface area contributed by atoms with Gasteiger partial charge in [-0.15, -0.1) is 0 Å². The van der Waals surface area contributed by atoms with E-state index in [4.69, 9.17) is 0 Å². The van der Waals surface area contributed by atoms with Gasteiger partial charge in [-0.1, -0.05) is 19.8 Å². The summed E-state index contributed by atoms with van der Waals surface area (Å²) in [6.07, 6.45) is 5.09. The molecule has 0 saturated heterocycles. The Bertz CT molecular complexity index is 354. The predicted molar refractivity (Wildman–Crippen MR) is 59.9 cm³/mol. The highest BCUT2D eigenvalue weighted by molar-refractivity contribution is 5.33. The van der Waals surface area contributed by atoms with Gasteiger partial charge < -0.3 is 5.32 Å². The molecule has 0 aromatic carbocycles. The molecule has 1 heterocycles. The molecule has 0 spiro atoms. The van der Waals surface area contributed by atoms with Gasteiger partial charge in [-0.3, -0.25) is 4.79 Å². The summed E-state index contributed by atoms with van der Waals surface area (Å²) in [5.74, 6) is 1.46. The number of aromatic amines is 1. The maximum absolute atomic E-state index is 10.8. The zero-order valence-corrected chi connectivity index (χ0v) is 8.99. The summed E-state index contributed by atoms with van der Waals surface area (Å²) in [7, 11) is 0. The van der Waals surface area contributed by atoms with Crippen molar-refractivity contribution in [2.24, 2.45) is 5.92 Å². The first kappa shape index (κ1) is 10.2. The molecule has 1 aromatic rings. The van der Waals surface area contributed by atoms with Crippen LogP contribution in [0.2, 0.25) is 0 Å². The molecule has 4 nitrogen and oxygen atoms in total. The Hall–Kier alpha value is -1.32. The fraction of sp³-hybridized carbons (Fsp3) is 0.636. The first-order chi connectivity index (χ1) is 7.25. The maximum atomic E-state index is 10.8. The molecule has 0 amide bonds. The molecule has 82 valence electrons. The third kappa shape index (κ3) is 2.58. The summed E-state index contributed by atoms with van der Waals surface area (Å²) in [6, 6.07) is 3.74. The Morgan fingerprint density at radius 1 is 1.40 bits per heavy atom. The average Bonchev–Trinajstić information content (AvgIpc) is 2.25. The van der Waals surface area contributed by atoms with Crippen molar-refractivity contribution in [1.82, 2.24) is 10.2 Å². The molecule has 0 unspecified atom stereocenters. The van der Waals surface area contributed by atoms with Gasteiger partial charge in [0.05, 0.1) is 0 Å². The molecule has 1 aliphatic carbocycles. The van der Waals surface area contributed by atoms with Crippen LogP contribution in [0.3, 0.4) is 0 Å². The van der Waals surface area contributed by atoms with Crippen LogP contribution in [0.4, 0.5) is 5.82 Å². The van der Waals surface area contributed by atoms with Crippen molar-refractivity contribution in [3.8, 4) is 0 Å². The number of hydrogen-bond donors (Lipinski definition) is 2. The Morgan fingerprint density at radius 3 is 2.87 bits per heavy atom. The van der Waals surface area contributed by atoms with Crippen LogP contribution in [0.15, 0.2) is 16.9 Å². The summed E-state index contributed by atoms with van der Waals surface area (Å²) < 4.78 is 0. The van der Waals surface area contributed by atoms with Crippen molar-refractivity contribution < 1.29 is 0 Å². The molecule has 1 saturated carbocycles. The number of aromatic nitrogens is 2. The minimum atomic E-state index is -0.155. The lowest BCUT2D eigenvalue weighted by Crippen LogP contribution is -2.31. The zero-order chi connectivity index (χ0) is 10.7. The van der Waals surface area contributed by atoms with Crippen molar-refractivity contribution in [3.63, 3.8) is 0 Å². The smallest absolute Gasteiger partial charge is 0.264 e. The molecule has 2 N–H and O–H groups in total. The second-order valence-corrected chi connectivity index (χ2v) is 4.32. The number of anilines is 1. The van der Waals surface area contributed by atoms with Crippen molar-refractivity contribution >= 4 is 5.82 Å². The van der Waals surface area contributed by atoms with E-state index in [2.05, 4.69) is 22.4 Å². The topological polar surface area (TPSA) is 57.8 Å². The van der Waals surface area contributed by atoms with Gasteiger partial charge in [0, 0.05) is 12.1 Å². The second-order valence-electron chi connectivity index (χ2n) is 4.32. The molecule has 2 atom stereocenters. The van der Waals surface area contributed by atoms with E-state index in [0.29, 0.717) is 12.0 Å². The van der Waals surface area contributed by atoms with Gasteiger partial charge in [-0.05, 0) is 24.8 Å². The summed E-state index contributed by atoms with van der Waals surface area (Å²) in [5.41, 5.74) is -0.155. The van der Waals surface area contributed by atoms with Crippen molar-refractivity contribution in [3.05, 3.63) is 22.5 Å². The van der Waals surface area contributed by atoms with E-state index in [0.717, 1.165) is 5.82 Å². The van der Waals surface area contributed by atoms with Crippen LogP contribution < -0.4 is 10.9 Å². The van der Waals surface area contributed by atoms with Gasteiger partial charge in [0.2, 0.25) is 0 Å². The number of H-pyrrole nitrogens is 1. The number of hydrogen-bond acceptors (Lipinski definition) is 3. The normalized spacial score (nSPS) is 26.2. The average molecular weight is 207 g/mol. The molecule has 1 fully saturated rings. The molecule has 2 rings (SSSR count). The second kappa shape index (κ2) is 4.47. The minimum Gasteiger partial charge on any atom is -0.366 e. The highest BCUT2D eigenvalue weighted by atomic mass is 16.1. The minimum absolute atomic E-state index is 0.155. The van der Waals surface area contributed by atoms with E-state index in [9.17, 15) is 4.79 Å². The molecule has 15 heavy (non-hydrogen) atoms. The van der Waals surface area contributed by atoms with Crippen LogP contribution >= 0.6 is 0 Å². The van der Waals surface area contributed by atoms with E-state index in [1.54, 1.807) is 6.07 Å². The standard InChI is InChI=1S/C11H17N3O/c1-8-4-2-3-5-9(8)12-10-6-7-11(15)14-13-10/h6-9H,2-5H2,1H3,(H,12,13)(H,14,15)/t8-,9-/m1/s1. The van der Waals surface area contributed by atoms with Crippen LogP contribution in [0.1, 0.15) is 32.6 Å². The molecule has 4 heteroatoms. The zero-order valence-electron chi connectivity index (χ0n) is 8.99. The molecule has 0 aliphatic heterocycles. The van der Waals surface area contributed by atoms with E-state index < -0.39 is 0 Å². The molecule has 0 bridgehead atoms. The lowest BCUT2D eigenvalue weighted by molar-refractivity contribution is 0.349. The van der Waals surface area contributed by atoms with Crippen LogP contribution in [0, 0.1) is 5.92 Å². The van der Waals surface area contributed by atoms with Gasteiger partial charge in [0.1, 0.15) is 5.82 Å². The quantitative estimate of drug-likeness (QED) is 0.777. The number of rotatable bonds is 2. The third-order valence-electron chi connectivity index (χ3n) is 3.12. The van der Waals surface area contributed by atoms with E-state index in [-0.39, 0.29) is 5.56 Å². The van der Waals surface area contributed by atoms with Crippen LogP contribution in [0.5, 0.6) is 0 Å². The van der Waals surface area contributed by atoms with Crippen molar-refractivity contribution in [2.45, 2.75) is 38.6 Å². The molecular formula is C11H17N3O. The summed E-state index contributed by atoms with van der Waals surface area (Å²) in [4.78, 5) is 10.8. The predicted octanol–water partition coefficient (Wildman–Crippen LogP) is 1.76. The Kier molecular flexibility index (Phi) is 3.04. The molecular weight excluding hydrogens is 190 g/mol. The highest BCUT2D eigenvalue weighted by Gasteiger charge is 2.21. The lowest BCUT2D eigenvalue weighted by atomic mass is 9.86. The highest BCUT2D eigenvalue weighted by Crippen LogP contribution is 2.25. The maximum Gasteiger partial charge on any atom is 0.264 e. The van der Waals surface area contributed by atoms with E-state index >= 15 is 0 Å². The lowest BCUT2D eigenvalue weighted by Gasteiger charge is -2.29. The molecule has 0 radical (unpaired) electrons. The molecule has 1 aromatic heterocycles. The van der Waals surface area contributed by atoms with Crippen LogP contribution in [0.25, 0.3) is 0 Å². The number of nitrogens with one attached hydrogen (secondary N) is 2. The third-order valence-corrected chi connectivity index (χ3v) is 3.12. The Balaban J connectivity index is 2.01. The largest absolute Gasteiger partial charge is 0.366 e. The van der Waals surface area contributed by atoms with Crippen LogP contribution in [-0.2, 0) is 0 Å². The van der Waals surface area contributed by atoms with E-state index in [1.807, 2.05) is 0 Å². The van der Waals surface area contributed by atoms with Gasteiger partial charge in [-0.2, -0.15) is 5.10 Å². The summed E-state index contributed by atoms with van der Waals surface area (Å²) in [5, 5.41) is 9.77. The van der Waals surface area contributed by atoms with E-state index in [1.165, 1.54) is 31.7 Å². The SMILES string of the molecule is C[C@@H]1CCCC[C@H]1Nc1ccc(=O)[nH]n1. The van der Waals surface area contributed by atoms with Gasteiger partial charge in [0.15, 0.2) is 0 Å². The fourth-order valence-corrected chi connectivity index (χ4v) is 2.15. The number of nitrogens with zero attached hydrogens (tertiary/aromatic N) is 1. The van der Waals surface area contributed by atoms with Crippen molar-refractivity contribution in [2.75, 3.05) is 5.32 Å². The first-order valence-electron chi connectivity index (χ1n) is 5.58. The molecule has 1 aliphatic rings. The summed E-state index contributed by atoms with van der Waals surface area (Å²) >= 11 is 0. The monoisotopic (exact) mass is 207 g/mol. The summed E-state index contributed by atoms with van der Waals surface area (Å²) in [6.45, 7) is 2.27. The Labute approximate surface area is 89.1 Å². The Morgan fingerprint density at radius 2 is 2.20 bits per heavy atom.